The molecule has 2 amide bonds. The first-order valence-electron chi connectivity index (χ1n) is 10.9. The number of amides is 2. The predicted octanol–water partition coefficient (Wildman–Crippen LogP) is 2.16. The highest BCUT2D eigenvalue weighted by molar-refractivity contribution is 7.89. The third kappa shape index (κ3) is 5.00. The van der Waals surface area contributed by atoms with Crippen LogP contribution in [0.25, 0.3) is 0 Å². The van der Waals surface area contributed by atoms with Gasteiger partial charge in [0.05, 0.1) is 15.5 Å². The van der Waals surface area contributed by atoms with Crippen LogP contribution in [0.3, 0.4) is 0 Å². The molecule has 0 aromatic heterocycles. The summed E-state index contributed by atoms with van der Waals surface area (Å²) in [5.74, 6) is -0.352. The molecule has 10 heteroatoms. The van der Waals surface area contributed by atoms with E-state index in [-0.39, 0.29) is 27.3 Å². The molecule has 2 fully saturated rings. The Hall–Kier alpha value is -2.62. The van der Waals surface area contributed by atoms with E-state index >= 15 is 0 Å². The quantitative estimate of drug-likeness (QED) is 0.656. The molecule has 0 radical (unpaired) electrons. The summed E-state index contributed by atoms with van der Waals surface area (Å²) >= 11 is 6.29. The van der Waals surface area contributed by atoms with Crippen LogP contribution in [0, 0.1) is 0 Å². The van der Waals surface area contributed by atoms with E-state index < -0.39 is 10.0 Å². The highest BCUT2D eigenvalue weighted by Crippen LogP contribution is 2.26. The molecule has 2 aliphatic heterocycles. The van der Waals surface area contributed by atoms with Gasteiger partial charge in [-0.15, -0.1) is 0 Å². The van der Waals surface area contributed by atoms with Gasteiger partial charge < -0.3 is 14.7 Å². The van der Waals surface area contributed by atoms with Crippen molar-refractivity contribution in [1.82, 2.24) is 14.1 Å². The van der Waals surface area contributed by atoms with Gasteiger partial charge in [0.1, 0.15) is 0 Å². The van der Waals surface area contributed by atoms with Crippen molar-refractivity contribution in [2.75, 3.05) is 57.3 Å². The minimum atomic E-state index is -3.77. The smallest absolute Gasteiger partial charge is 0.255 e. The van der Waals surface area contributed by atoms with Gasteiger partial charge in [-0.2, -0.15) is 4.31 Å². The van der Waals surface area contributed by atoms with Crippen LogP contribution in [-0.4, -0.2) is 86.7 Å². The molecule has 0 saturated carbocycles. The first-order chi connectivity index (χ1) is 15.8. The van der Waals surface area contributed by atoms with E-state index in [9.17, 15) is 18.0 Å². The Morgan fingerprint density at radius 1 is 0.818 bits per heavy atom. The van der Waals surface area contributed by atoms with Crippen molar-refractivity contribution >= 4 is 39.1 Å². The summed E-state index contributed by atoms with van der Waals surface area (Å²) in [6, 6.07) is 14.2. The molecule has 4 rings (SSSR count). The zero-order valence-corrected chi connectivity index (χ0v) is 20.1. The van der Waals surface area contributed by atoms with E-state index in [2.05, 4.69) is 4.90 Å². The van der Waals surface area contributed by atoms with Crippen LogP contribution in [0.5, 0.6) is 0 Å². The van der Waals surface area contributed by atoms with Crippen molar-refractivity contribution in [3.8, 4) is 0 Å². The van der Waals surface area contributed by atoms with Gasteiger partial charge in [-0.25, -0.2) is 8.42 Å². The van der Waals surface area contributed by atoms with Crippen molar-refractivity contribution in [2.45, 2.75) is 11.8 Å². The normalized spacial score (nSPS) is 17.8. The van der Waals surface area contributed by atoms with E-state index in [1.54, 1.807) is 9.80 Å². The fraction of sp³-hybridized carbons (Fsp3) is 0.391. The molecule has 176 valence electrons. The van der Waals surface area contributed by atoms with Crippen LogP contribution in [0.4, 0.5) is 5.69 Å². The second-order valence-corrected chi connectivity index (χ2v) is 10.5. The van der Waals surface area contributed by atoms with Gasteiger partial charge >= 0.3 is 0 Å². The SMILES string of the molecule is CC(=O)N1CCN(C(=O)c2cc(S(=O)(=O)N3CCN(c4ccccc4)CC3)ccc2Cl)CC1. The van der Waals surface area contributed by atoms with E-state index in [0.717, 1.165) is 5.69 Å². The Labute approximate surface area is 199 Å². The number of hydrogen-bond acceptors (Lipinski definition) is 5. The van der Waals surface area contributed by atoms with Crippen molar-refractivity contribution in [1.29, 1.82) is 0 Å². The number of nitrogens with zero attached hydrogens (tertiary/aromatic N) is 4. The van der Waals surface area contributed by atoms with Crippen LogP contribution in [-0.2, 0) is 14.8 Å². The number of sulfonamides is 1. The maximum absolute atomic E-state index is 13.3. The summed E-state index contributed by atoms with van der Waals surface area (Å²) in [6.07, 6.45) is 0. The Bertz CT molecular complexity index is 1130. The lowest BCUT2D eigenvalue weighted by Crippen LogP contribution is -2.50. The fourth-order valence-electron chi connectivity index (χ4n) is 4.20. The lowest BCUT2D eigenvalue weighted by Gasteiger charge is -2.35. The van der Waals surface area contributed by atoms with Crippen molar-refractivity contribution < 1.29 is 18.0 Å². The largest absolute Gasteiger partial charge is 0.369 e. The monoisotopic (exact) mass is 490 g/mol. The predicted molar refractivity (Wildman–Crippen MR) is 127 cm³/mol. The summed E-state index contributed by atoms with van der Waals surface area (Å²) in [7, 11) is -3.77. The Morgan fingerprint density at radius 3 is 2.03 bits per heavy atom. The first-order valence-corrected chi connectivity index (χ1v) is 12.7. The Kier molecular flexibility index (Phi) is 6.92. The number of benzene rings is 2. The average molecular weight is 491 g/mol. The molecule has 0 bridgehead atoms. The molecule has 33 heavy (non-hydrogen) atoms. The zero-order valence-electron chi connectivity index (χ0n) is 18.5. The molecule has 2 aromatic rings. The summed E-state index contributed by atoms with van der Waals surface area (Å²) in [4.78, 5) is 30.1. The second-order valence-electron chi connectivity index (χ2n) is 8.17. The Morgan fingerprint density at radius 2 is 1.42 bits per heavy atom. The first kappa shape index (κ1) is 23.5. The second kappa shape index (κ2) is 9.70. The van der Waals surface area contributed by atoms with Crippen molar-refractivity contribution in [3.63, 3.8) is 0 Å². The number of para-hydroxylation sites is 1. The van der Waals surface area contributed by atoms with Gasteiger partial charge in [0.25, 0.3) is 5.91 Å². The van der Waals surface area contributed by atoms with Gasteiger partial charge in [-0.1, -0.05) is 29.8 Å². The van der Waals surface area contributed by atoms with Gasteiger partial charge in [-0.3, -0.25) is 9.59 Å². The van der Waals surface area contributed by atoms with Crippen LogP contribution >= 0.6 is 11.6 Å². The van der Waals surface area contributed by atoms with Crippen molar-refractivity contribution in [3.05, 3.63) is 59.1 Å². The van der Waals surface area contributed by atoms with Gasteiger partial charge in [0, 0.05) is 65.0 Å². The molecule has 0 aliphatic carbocycles. The molecule has 0 spiro atoms. The van der Waals surface area contributed by atoms with E-state index in [1.807, 2.05) is 30.3 Å². The molecule has 0 atom stereocenters. The van der Waals surface area contributed by atoms with Crippen LogP contribution in [0.2, 0.25) is 5.02 Å². The molecule has 2 saturated heterocycles. The standard InChI is InChI=1S/C23H27ClN4O4S/c1-18(29)25-9-11-27(12-10-25)23(30)21-17-20(7-8-22(21)24)33(31,32)28-15-13-26(14-16-28)19-5-3-2-4-6-19/h2-8,17H,9-16H2,1H3. The van der Waals surface area contributed by atoms with Gasteiger partial charge in [0.2, 0.25) is 15.9 Å². The number of piperazine rings is 2. The number of rotatable bonds is 4. The maximum atomic E-state index is 13.3. The molecule has 0 unspecified atom stereocenters. The molecule has 2 aliphatic rings. The van der Waals surface area contributed by atoms with Crippen LogP contribution in [0.1, 0.15) is 17.3 Å². The number of anilines is 1. The highest BCUT2D eigenvalue weighted by Gasteiger charge is 2.31. The highest BCUT2D eigenvalue weighted by atomic mass is 35.5. The molecular weight excluding hydrogens is 464 g/mol. The zero-order chi connectivity index (χ0) is 23.6. The third-order valence-electron chi connectivity index (χ3n) is 6.18. The number of halogens is 1. The van der Waals surface area contributed by atoms with Gasteiger partial charge in [-0.05, 0) is 30.3 Å². The minimum absolute atomic E-state index is 0.0272. The summed E-state index contributed by atoms with van der Waals surface area (Å²) in [5.41, 5.74) is 1.23. The summed E-state index contributed by atoms with van der Waals surface area (Å²) in [6.45, 7) is 5.05. The molecule has 0 N–H and O–H groups in total. The number of carbonyl (C=O) groups is 2. The topological polar surface area (TPSA) is 81.2 Å². The lowest BCUT2D eigenvalue weighted by atomic mass is 10.1. The van der Waals surface area contributed by atoms with Crippen LogP contribution in [0.15, 0.2) is 53.4 Å². The fourth-order valence-corrected chi connectivity index (χ4v) is 5.85. The molecular formula is C23H27ClN4O4S. The van der Waals surface area contributed by atoms with Crippen LogP contribution < -0.4 is 4.90 Å². The number of carbonyl (C=O) groups excluding carboxylic acids is 2. The molecule has 2 heterocycles. The molecule has 8 nitrogen and oxygen atoms in total. The summed E-state index contributed by atoms with van der Waals surface area (Å²) in [5, 5.41) is 0.210. The van der Waals surface area contributed by atoms with E-state index in [1.165, 1.54) is 29.4 Å². The lowest BCUT2D eigenvalue weighted by molar-refractivity contribution is -0.130. The van der Waals surface area contributed by atoms with Crippen molar-refractivity contribution in [2.24, 2.45) is 0 Å². The minimum Gasteiger partial charge on any atom is -0.369 e. The Balaban J connectivity index is 1.47. The van der Waals surface area contributed by atoms with E-state index in [0.29, 0.717) is 52.4 Å². The van der Waals surface area contributed by atoms with E-state index in [4.69, 9.17) is 11.6 Å². The summed E-state index contributed by atoms with van der Waals surface area (Å²) < 4.78 is 28.1. The average Bonchev–Trinajstić information content (AvgIpc) is 2.84. The number of hydrogen-bond donors (Lipinski definition) is 0. The third-order valence-corrected chi connectivity index (χ3v) is 8.40. The van der Waals surface area contributed by atoms with Gasteiger partial charge in [0.15, 0.2) is 0 Å². The maximum Gasteiger partial charge on any atom is 0.255 e. The molecule has 2 aromatic carbocycles.